The smallest absolute Gasteiger partial charge is 0.185 e. The number of aromatic nitrogens is 1. The third kappa shape index (κ3) is 3.19. The maximum Gasteiger partial charge on any atom is 0.185 e. The molecule has 0 amide bonds. The van der Waals surface area contributed by atoms with Gasteiger partial charge in [0.2, 0.25) is 0 Å². The second-order valence-corrected chi connectivity index (χ2v) is 6.14. The van der Waals surface area contributed by atoms with Gasteiger partial charge in [-0.2, -0.15) is 0 Å². The van der Waals surface area contributed by atoms with Gasteiger partial charge in [0.25, 0.3) is 0 Å². The first-order valence-electron chi connectivity index (χ1n) is 6.54. The molecule has 0 atom stereocenters. The van der Waals surface area contributed by atoms with E-state index in [2.05, 4.69) is 29.0 Å². The van der Waals surface area contributed by atoms with Gasteiger partial charge in [0, 0.05) is 18.0 Å². The van der Waals surface area contributed by atoms with E-state index in [4.69, 9.17) is 0 Å². The zero-order valence-corrected chi connectivity index (χ0v) is 11.9. The molecule has 0 aromatic carbocycles. The van der Waals surface area contributed by atoms with Gasteiger partial charge in [-0.15, -0.1) is 11.3 Å². The van der Waals surface area contributed by atoms with Gasteiger partial charge in [-0.05, 0) is 52.6 Å². The Morgan fingerprint density at radius 1 is 1.35 bits per heavy atom. The van der Waals surface area contributed by atoms with Gasteiger partial charge >= 0.3 is 0 Å². The standard InChI is InChI=1S/C13H23N3S/c1-10-11(2)17-13(15-10)16-8-5-12(6-9-16)4-7-14-3/h12,14H,4-9H2,1-3H3. The first kappa shape index (κ1) is 12.8. The molecular formula is C13H23N3S. The van der Waals surface area contributed by atoms with E-state index in [1.54, 1.807) is 0 Å². The third-order valence-corrected chi connectivity index (χ3v) is 4.84. The molecule has 0 unspecified atom stereocenters. The predicted molar refractivity (Wildman–Crippen MR) is 75.1 cm³/mol. The van der Waals surface area contributed by atoms with E-state index in [-0.39, 0.29) is 0 Å². The lowest BCUT2D eigenvalue weighted by Gasteiger charge is -2.31. The van der Waals surface area contributed by atoms with Crippen LogP contribution in [-0.4, -0.2) is 31.7 Å². The third-order valence-electron chi connectivity index (χ3n) is 3.70. The van der Waals surface area contributed by atoms with E-state index >= 15 is 0 Å². The number of nitrogens with one attached hydrogen (secondary N) is 1. The van der Waals surface area contributed by atoms with Crippen molar-refractivity contribution in [2.24, 2.45) is 5.92 Å². The number of rotatable bonds is 4. The Balaban J connectivity index is 1.86. The molecular weight excluding hydrogens is 230 g/mol. The molecule has 0 radical (unpaired) electrons. The molecule has 1 fully saturated rings. The van der Waals surface area contributed by atoms with Crippen LogP contribution in [0.2, 0.25) is 0 Å². The Morgan fingerprint density at radius 3 is 2.59 bits per heavy atom. The topological polar surface area (TPSA) is 28.2 Å². The summed E-state index contributed by atoms with van der Waals surface area (Å²) < 4.78 is 0. The minimum absolute atomic E-state index is 0.904. The summed E-state index contributed by atoms with van der Waals surface area (Å²) in [5, 5.41) is 4.47. The highest BCUT2D eigenvalue weighted by molar-refractivity contribution is 7.15. The Hall–Kier alpha value is -0.610. The molecule has 0 saturated carbocycles. The summed E-state index contributed by atoms with van der Waals surface area (Å²) in [4.78, 5) is 8.47. The average Bonchev–Trinajstić information content (AvgIpc) is 2.68. The summed E-state index contributed by atoms with van der Waals surface area (Å²) >= 11 is 1.84. The molecule has 1 aromatic rings. The van der Waals surface area contributed by atoms with Crippen LogP contribution in [0.15, 0.2) is 0 Å². The van der Waals surface area contributed by atoms with Crippen molar-refractivity contribution in [3.8, 4) is 0 Å². The molecule has 2 rings (SSSR count). The molecule has 1 aliphatic heterocycles. The van der Waals surface area contributed by atoms with Crippen molar-refractivity contribution in [2.75, 3.05) is 31.6 Å². The summed E-state index contributed by atoms with van der Waals surface area (Å²) in [6.45, 7) is 7.78. The summed E-state index contributed by atoms with van der Waals surface area (Å²) in [5.74, 6) is 0.904. The minimum atomic E-state index is 0.904. The van der Waals surface area contributed by atoms with Crippen molar-refractivity contribution in [2.45, 2.75) is 33.1 Å². The van der Waals surface area contributed by atoms with Crippen LogP contribution in [0.25, 0.3) is 0 Å². The number of hydrogen-bond acceptors (Lipinski definition) is 4. The number of nitrogens with zero attached hydrogens (tertiary/aromatic N) is 2. The van der Waals surface area contributed by atoms with Gasteiger partial charge in [-0.3, -0.25) is 0 Å². The van der Waals surface area contributed by atoms with E-state index in [1.807, 2.05) is 18.4 Å². The van der Waals surface area contributed by atoms with E-state index in [1.165, 1.54) is 48.1 Å². The van der Waals surface area contributed by atoms with Crippen molar-refractivity contribution in [1.29, 1.82) is 0 Å². The van der Waals surface area contributed by atoms with Crippen molar-refractivity contribution < 1.29 is 0 Å². The largest absolute Gasteiger partial charge is 0.348 e. The van der Waals surface area contributed by atoms with Crippen LogP contribution in [0.1, 0.15) is 29.8 Å². The highest BCUT2D eigenvalue weighted by Crippen LogP contribution is 2.29. The van der Waals surface area contributed by atoms with Crippen molar-refractivity contribution >= 4 is 16.5 Å². The molecule has 1 saturated heterocycles. The first-order valence-corrected chi connectivity index (χ1v) is 7.36. The Kier molecular flexibility index (Phi) is 4.40. The number of anilines is 1. The van der Waals surface area contributed by atoms with Crippen molar-refractivity contribution in [1.82, 2.24) is 10.3 Å². The number of aryl methyl sites for hydroxylation is 2. The van der Waals surface area contributed by atoms with Crippen LogP contribution >= 0.6 is 11.3 Å². The van der Waals surface area contributed by atoms with Gasteiger partial charge in [0.1, 0.15) is 0 Å². The fourth-order valence-electron chi connectivity index (χ4n) is 2.35. The normalized spacial score (nSPS) is 17.7. The maximum atomic E-state index is 4.65. The number of hydrogen-bond donors (Lipinski definition) is 1. The first-order chi connectivity index (χ1) is 8.20. The lowest BCUT2D eigenvalue weighted by Crippen LogP contribution is -2.34. The Bertz CT molecular complexity index is 334. The molecule has 0 aliphatic carbocycles. The fraction of sp³-hybridized carbons (Fsp3) is 0.769. The molecule has 3 nitrogen and oxygen atoms in total. The van der Waals surface area contributed by atoms with Crippen molar-refractivity contribution in [3.05, 3.63) is 10.6 Å². The summed E-state index contributed by atoms with van der Waals surface area (Å²) in [7, 11) is 2.04. The Morgan fingerprint density at radius 2 is 2.06 bits per heavy atom. The molecule has 2 heterocycles. The van der Waals surface area contributed by atoms with Gasteiger partial charge in [-0.25, -0.2) is 4.98 Å². The number of thiazole rings is 1. The molecule has 4 heteroatoms. The van der Waals surface area contributed by atoms with Crippen LogP contribution in [0.4, 0.5) is 5.13 Å². The summed E-state index contributed by atoms with van der Waals surface area (Å²) in [6, 6.07) is 0. The zero-order valence-electron chi connectivity index (χ0n) is 11.1. The van der Waals surface area contributed by atoms with E-state index < -0.39 is 0 Å². The van der Waals surface area contributed by atoms with E-state index in [9.17, 15) is 0 Å². The van der Waals surface area contributed by atoms with E-state index in [0.29, 0.717) is 0 Å². The van der Waals surface area contributed by atoms with Crippen LogP contribution in [0.3, 0.4) is 0 Å². The Labute approximate surface area is 108 Å². The van der Waals surface area contributed by atoms with Gasteiger partial charge in [0.05, 0.1) is 5.69 Å². The second-order valence-electron chi connectivity index (χ2n) is 4.96. The van der Waals surface area contributed by atoms with Crippen LogP contribution in [0.5, 0.6) is 0 Å². The average molecular weight is 253 g/mol. The lowest BCUT2D eigenvalue weighted by molar-refractivity contribution is 0.378. The molecule has 0 bridgehead atoms. The van der Waals surface area contributed by atoms with Crippen molar-refractivity contribution in [3.63, 3.8) is 0 Å². The van der Waals surface area contributed by atoms with Crippen LogP contribution < -0.4 is 10.2 Å². The lowest BCUT2D eigenvalue weighted by atomic mass is 9.94. The molecule has 1 aliphatic rings. The molecule has 1 N–H and O–H groups in total. The maximum absolute atomic E-state index is 4.65. The molecule has 1 aromatic heterocycles. The highest BCUT2D eigenvalue weighted by Gasteiger charge is 2.21. The highest BCUT2D eigenvalue weighted by atomic mass is 32.1. The van der Waals surface area contributed by atoms with Crippen LogP contribution in [-0.2, 0) is 0 Å². The number of piperidine rings is 1. The molecule has 96 valence electrons. The molecule has 0 spiro atoms. The van der Waals surface area contributed by atoms with Crippen LogP contribution in [0, 0.1) is 19.8 Å². The monoisotopic (exact) mass is 253 g/mol. The quantitative estimate of drug-likeness (QED) is 0.894. The van der Waals surface area contributed by atoms with E-state index in [0.717, 1.165) is 12.5 Å². The zero-order chi connectivity index (χ0) is 12.3. The summed E-state index contributed by atoms with van der Waals surface area (Å²) in [5.41, 5.74) is 1.20. The van der Waals surface area contributed by atoms with Gasteiger partial charge in [0.15, 0.2) is 5.13 Å². The fourth-order valence-corrected chi connectivity index (χ4v) is 3.31. The molecule has 17 heavy (non-hydrogen) atoms. The SMILES string of the molecule is CNCCC1CCN(c2nc(C)c(C)s2)CC1. The van der Waals surface area contributed by atoms with Gasteiger partial charge < -0.3 is 10.2 Å². The second kappa shape index (κ2) is 5.83. The predicted octanol–water partition coefficient (Wildman–Crippen LogP) is 2.59. The minimum Gasteiger partial charge on any atom is -0.348 e. The summed E-state index contributed by atoms with van der Waals surface area (Å²) in [6.07, 6.45) is 3.96. The van der Waals surface area contributed by atoms with Gasteiger partial charge in [-0.1, -0.05) is 0 Å².